The molecule has 8 rings (SSSR count). The van der Waals surface area contributed by atoms with Gasteiger partial charge in [0.15, 0.2) is 0 Å². The summed E-state index contributed by atoms with van der Waals surface area (Å²) >= 11 is 1.83. The summed E-state index contributed by atoms with van der Waals surface area (Å²) in [6.07, 6.45) is 20.5. The second kappa shape index (κ2) is 23.7. The number of para-hydroxylation sites is 1. The van der Waals surface area contributed by atoms with E-state index in [2.05, 4.69) is 184 Å². The van der Waals surface area contributed by atoms with Crippen LogP contribution >= 0.6 is 11.3 Å². The highest BCUT2D eigenvalue weighted by atomic mass is 32.1. The van der Waals surface area contributed by atoms with Gasteiger partial charge in [0.05, 0.1) is 16.9 Å². The number of thiophene rings is 1. The topological polar surface area (TPSA) is 22.8 Å². The molecule has 4 aromatic carbocycles. The van der Waals surface area contributed by atoms with Gasteiger partial charge in [0.2, 0.25) is 0 Å². The second-order valence-corrected chi connectivity index (χ2v) is 15.7. The SMILES string of the molecule is C=C/C=c1/c(C=C)c(/C=C\C)s/c1=C(C)\C(=C\c1c(CC)n(-c2ccc(-n3c(-c4ccccc4)nc4c3CCC=C=C4)cc2)c2ccccc12)CC.CC.CC.Cc1ccccc1. The molecule has 0 saturated carbocycles. The first kappa shape index (κ1) is 47.6. The van der Waals surface area contributed by atoms with Crippen molar-refractivity contribution in [1.29, 1.82) is 0 Å². The third kappa shape index (κ3) is 10.6. The first-order valence-corrected chi connectivity index (χ1v) is 23.5. The number of hydrogen-bond acceptors (Lipinski definition) is 2. The van der Waals surface area contributed by atoms with Crippen molar-refractivity contribution < 1.29 is 0 Å². The largest absolute Gasteiger partial charge is 0.313 e. The van der Waals surface area contributed by atoms with E-state index in [1.54, 1.807) is 0 Å². The molecule has 1 aliphatic carbocycles. The normalized spacial score (nSPS) is 12.7. The minimum atomic E-state index is 0.894. The molecule has 0 amide bonds. The average molecular weight is 848 g/mol. The lowest BCUT2D eigenvalue weighted by Gasteiger charge is -2.15. The average Bonchev–Trinajstić information content (AvgIpc) is 3.92. The standard InChI is InChI=1S/C48H45N3S.C7H8.2C2H6/c1-7-20-40-38(10-4)46(21-8-2)52-47(40)33(6)34(9-3)32-41-39-24-18-19-26-44(39)50(43(41)11-5)36-28-30-37(31-29-36)51-45-27-17-13-16-25-42(45)49-48(51)35-22-14-12-15-23-35;1-7-5-3-2-4-6-7;2*1-2/h7-8,10,12-15,18-26,28-32H,1,4,9,11,17,27H2,2-3,5-6H3;2-6H,1H3;2*1-2H3/b21-8-,34-32+,40-20-,47-33-;;;. The number of allylic oxidation sites excluding steroid dienone is 4. The Morgan fingerprint density at radius 2 is 1.44 bits per heavy atom. The minimum absolute atomic E-state index is 0.894. The zero-order valence-electron chi connectivity index (χ0n) is 39.0. The number of fused-ring (bicyclic) bond motifs is 2. The van der Waals surface area contributed by atoms with E-state index in [4.69, 9.17) is 4.98 Å². The summed E-state index contributed by atoms with van der Waals surface area (Å²) in [5, 5.41) is 2.45. The molecular weight excluding hydrogens is 783 g/mol. The zero-order chi connectivity index (χ0) is 45.3. The highest BCUT2D eigenvalue weighted by Gasteiger charge is 2.21. The van der Waals surface area contributed by atoms with Crippen LogP contribution in [0.25, 0.3) is 69.6 Å². The third-order valence-corrected chi connectivity index (χ3v) is 12.2. The monoisotopic (exact) mass is 847 g/mol. The van der Waals surface area contributed by atoms with E-state index in [0.717, 1.165) is 59.7 Å². The van der Waals surface area contributed by atoms with Crippen molar-refractivity contribution in [3.05, 3.63) is 200 Å². The lowest BCUT2D eigenvalue weighted by molar-refractivity contribution is 0.888. The van der Waals surface area contributed by atoms with Crippen LogP contribution in [0.3, 0.4) is 0 Å². The maximum atomic E-state index is 5.11. The van der Waals surface area contributed by atoms with Gasteiger partial charge in [-0.05, 0) is 112 Å². The predicted octanol–water partition coefficient (Wildman–Crippen LogP) is 15.6. The summed E-state index contributed by atoms with van der Waals surface area (Å²) in [6, 6.07) is 38.6. The van der Waals surface area contributed by atoms with E-state index in [-0.39, 0.29) is 0 Å². The van der Waals surface area contributed by atoms with Crippen LogP contribution in [0.5, 0.6) is 0 Å². The molecule has 0 saturated heterocycles. The number of imidazole rings is 1. The van der Waals surface area contributed by atoms with Gasteiger partial charge < -0.3 is 4.57 Å². The zero-order valence-corrected chi connectivity index (χ0v) is 39.8. The summed E-state index contributed by atoms with van der Waals surface area (Å²) in [7, 11) is 0. The van der Waals surface area contributed by atoms with Gasteiger partial charge in [-0.2, -0.15) is 0 Å². The van der Waals surface area contributed by atoms with E-state index >= 15 is 0 Å². The molecule has 7 aromatic rings. The van der Waals surface area contributed by atoms with Gasteiger partial charge in [-0.1, -0.05) is 163 Å². The lowest BCUT2D eigenvalue weighted by atomic mass is 9.99. The Morgan fingerprint density at radius 3 is 2.03 bits per heavy atom. The Morgan fingerprint density at radius 1 is 0.810 bits per heavy atom. The maximum Gasteiger partial charge on any atom is 0.145 e. The van der Waals surface area contributed by atoms with Crippen molar-refractivity contribution in [2.45, 2.75) is 88.0 Å². The highest BCUT2D eigenvalue weighted by molar-refractivity contribution is 7.11. The van der Waals surface area contributed by atoms with Crippen LogP contribution in [0.1, 0.15) is 107 Å². The van der Waals surface area contributed by atoms with E-state index in [1.807, 2.05) is 75.5 Å². The number of hydrogen-bond donors (Lipinski definition) is 0. The third-order valence-electron chi connectivity index (χ3n) is 10.9. The number of nitrogens with zero attached hydrogens (tertiary/aromatic N) is 3. The van der Waals surface area contributed by atoms with Crippen LogP contribution in [0.15, 0.2) is 152 Å². The van der Waals surface area contributed by atoms with Gasteiger partial charge in [-0.3, -0.25) is 4.57 Å². The molecule has 0 atom stereocenters. The molecular formula is C59H65N3S. The van der Waals surface area contributed by atoms with E-state index < -0.39 is 0 Å². The molecule has 0 spiro atoms. The predicted molar refractivity (Wildman–Crippen MR) is 280 cm³/mol. The fourth-order valence-electron chi connectivity index (χ4n) is 8.04. The molecule has 63 heavy (non-hydrogen) atoms. The number of benzene rings is 4. The van der Waals surface area contributed by atoms with E-state index in [9.17, 15) is 0 Å². The van der Waals surface area contributed by atoms with Crippen molar-refractivity contribution in [3.8, 4) is 22.8 Å². The molecule has 3 heterocycles. The van der Waals surface area contributed by atoms with Gasteiger partial charge >= 0.3 is 0 Å². The summed E-state index contributed by atoms with van der Waals surface area (Å²) in [6.45, 7) is 27.1. The Kier molecular flexibility index (Phi) is 17.9. The number of aryl methyl sites for hydroxylation is 1. The van der Waals surface area contributed by atoms with Crippen LogP contribution in [0.4, 0.5) is 0 Å². The molecule has 3 nitrogen and oxygen atoms in total. The van der Waals surface area contributed by atoms with Crippen LogP contribution in [-0.4, -0.2) is 14.1 Å². The molecule has 0 radical (unpaired) electrons. The number of aromatic nitrogens is 3. The van der Waals surface area contributed by atoms with Crippen LogP contribution in [0.2, 0.25) is 0 Å². The van der Waals surface area contributed by atoms with Gasteiger partial charge in [-0.15, -0.1) is 17.1 Å². The summed E-state index contributed by atoms with van der Waals surface area (Å²) in [5.74, 6) is 0.961. The fourth-order valence-corrected chi connectivity index (χ4v) is 9.34. The van der Waals surface area contributed by atoms with Crippen LogP contribution in [0, 0.1) is 6.92 Å². The molecule has 0 unspecified atom stereocenters. The van der Waals surface area contributed by atoms with Crippen molar-refractivity contribution in [3.63, 3.8) is 0 Å². The molecule has 0 aliphatic heterocycles. The number of rotatable bonds is 10. The molecule has 322 valence electrons. The second-order valence-electron chi connectivity index (χ2n) is 14.6. The molecule has 0 bridgehead atoms. The molecule has 3 aromatic heterocycles. The van der Waals surface area contributed by atoms with Gasteiger partial charge in [0, 0.05) is 54.3 Å². The van der Waals surface area contributed by atoms with E-state index in [0.29, 0.717) is 0 Å². The minimum Gasteiger partial charge on any atom is -0.313 e. The molecule has 0 fully saturated rings. The van der Waals surface area contributed by atoms with Crippen molar-refractivity contribution >= 4 is 58.2 Å². The Balaban J connectivity index is 0.000000606. The molecule has 1 aliphatic rings. The van der Waals surface area contributed by atoms with Crippen molar-refractivity contribution in [2.75, 3.05) is 0 Å². The van der Waals surface area contributed by atoms with Crippen molar-refractivity contribution in [2.24, 2.45) is 0 Å². The lowest BCUT2D eigenvalue weighted by Crippen LogP contribution is -2.23. The molecule has 0 N–H and O–H groups in total. The van der Waals surface area contributed by atoms with Crippen molar-refractivity contribution in [1.82, 2.24) is 14.1 Å². The summed E-state index contributed by atoms with van der Waals surface area (Å²) < 4.78 is 6.06. The van der Waals surface area contributed by atoms with Crippen LogP contribution < -0.4 is 9.75 Å². The Hall–Kier alpha value is -6.45. The maximum absolute atomic E-state index is 5.11. The fraction of sp³-hybridized carbons (Fsp3) is 0.220. The Bertz CT molecular complexity index is 2870. The van der Waals surface area contributed by atoms with Gasteiger partial charge in [0.1, 0.15) is 5.82 Å². The smallest absolute Gasteiger partial charge is 0.145 e. The first-order valence-electron chi connectivity index (χ1n) is 22.7. The van der Waals surface area contributed by atoms with E-state index in [1.165, 1.54) is 59.2 Å². The quantitative estimate of drug-likeness (QED) is 0.126. The Labute approximate surface area is 381 Å². The van der Waals surface area contributed by atoms with Gasteiger partial charge in [-0.25, -0.2) is 4.98 Å². The van der Waals surface area contributed by atoms with Crippen LogP contribution in [-0.2, 0) is 12.8 Å². The van der Waals surface area contributed by atoms with Gasteiger partial charge in [0.25, 0.3) is 0 Å². The molecule has 4 heteroatoms. The highest BCUT2D eigenvalue weighted by Crippen LogP contribution is 2.35. The summed E-state index contributed by atoms with van der Waals surface area (Å²) in [5.41, 5.74) is 17.8. The summed E-state index contributed by atoms with van der Waals surface area (Å²) in [4.78, 5) is 6.34. The first-order chi connectivity index (χ1) is 30.9.